The van der Waals surface area contributed by atoms with E-state index in [1.165, 1.54) is 25.0 Å². The van der Waals surface area contributed by atoms with Gasteiger partial charge >= 0.3 is 6.09 Å². The fourth-order valence-corrected chi connectivity index (χ4v) is 7.01. The molecular weight excluding hydrogens is 643 g/mol. The molecule has 3 aliphatic carbocycles. The maximum absolute atomic E-state index is 13.7. The third kappa shape index (κ3) is 9.05. The number of fused-ring (bicyclic) bond motifs is 4. The van der Waals surface area contributed by atoms with Crippen LogP contribution in [0, 0.1) is 17.7 Å². The second-order valence-corrected chi connectivity index (χ2v) is 13.3. The molecule has 50 heavy (non-hydrogen) atoms. The number of hydrogen-bond acceptors (Lipinski definition) is 8. The van der Waals surface area contributed by atoms with Crippen molar-refractivity contribution in [3.8, 4) is 22.8 Å². The predicted octanol–water partition coefficient (Wildman–Crippen LogP) is 5.74. The first-order chi connectivity index (χ1) is 24.4. The molecule has 3 aromatic rings. The molecule has 2 atom stereocenters. The molecule has 5 N–H and O–H groups in total. The Balaban J connectivity index is 0.804. The van der Waals surface area contributed by atoms with Gasteiger partial charge in [-0.2, -0.15) is 5.10 Å². The fraction of sp³-hybridized carbons (Fsp3) is 0.514. The number of methoxy groups -OCH3 is 1. The number of rotatable bonds is 18. The number of H-pyrrole nitrogens is 1. The van der Waals surface area contributed by atoms with Crippen molar-refractivity contribution >= 4 is 29.4 Å². The number of nitrogens with one attached hydrogen (secondary N) is 5. The molecule has 0 aliphatic heterocycles. The number of amides is 3. The van der Waals surface area contributed by atoms with E-state index in [4.69, 9.17) is 14.2 Å². The Hall–Kier alpha value is -4.81. The maximum Gasteiger partial charge on any atom is 0.407 e. The Labute approximate surface area is 291 Å². The number of alkyl carbamates (subject to hydrolysis) is 1. The molecule has 2 unspecified atom stereocenters. The number of carbonyl (C=O) groups is 3. The van der Waals surface area contributed by atoms with Gasteiger partial charge in [0, 0.05) is 67.5 Å². The summed E-state index contributed by atoms with van der Waals surface area (Å²) in [5.41, 5.74) is 4.51. The van der Waals surface area contributed by atoms with E-state index in [-0.39, 0.29) is 29.8 Å². The van der Waals surface area contributed by atoms with Crippen LogP contribution in [0.25, 0.3) is 11.3 Å². The zero-order valence-corrected chi connectivity index (χ0v) is 28.6. The van der Waals surface area contributed by atoms with Crippen molar-refractivity contribution < 1.29 is 33.0 Å². The van der Waals surface area contributed by atoms with E-state index < -0.39 is 0 Å². The van der Waals surface area contributed by atoms with Crippen molar-refractivity contribution in [3.63, 3.8) is 0 Å². The summed E-state index contributed by atoms with van der Waals surface area (Å²) in [6.07, 6.45) is 8.41. The molecule has 3 aliphatic rings. The molecule has 13 heteroatoms. The molecule has 0 saturated heterocycles. The van der Waals surface area contributed by atoms with Crippen LogP contribution >= 0.6 is 0 Å². The van der Waals surface area contributed by atoms with Crippen molar-refractivity contribution in [1.82, 2.24) is 26.1 Å². The Morgan fingerprint density at radius 2 is 1.62 bits per heavy atom. The summed E-state index contributed by atoms with van der Waals surface area (Å²) >= 11 is 0. The van der Waals surface area contributed by atoms with Crippen LogP contribution in [0.3, 0.4) is 0 Å². The normalized spacial score (nSPS) is 18.2. The first-order valence-corrected chi connectivity index (χ1v) is 17.8. The summed E-state index contributed by atoms with van der Waals surface area (Å²) < 4.78 is 30.8. The van der Waals surface area contributed by atoms with Crippen LogP contribution in [-0.4, -0.2) is 67.6 Å². The Morgan fingerprint density at radius 1 is 0.900 bits per heavy atom. The monoisotopic (exact) mass is 690 g/mol. The van der Waals surface area contributed by atoms with Gasteiger partial charge in [-0.1, -0.05) is 18.9 Å². The van der Waals surface area contributed by atoms with Crippen molar-refractivity contribution in [2.45, 2.75) is 76.7 Å². The molecule has 1 aromatic heterocycles. The highest BCUT2D eigenvalue weighted by atomic mass is 19.1. The van der Waals surface area contributed by atoms with Crippen molar-refractivity contribution in [2.75, 3.05) is 38.7 Å². The summed E-state index contributed by atoms with van der Waals surface area (Å²) in [6, 6.07) is 10.1. The first-order valence-electron chi connectivity index (χ1n) is 17.8. The van der Waals surface area contributed by atoms with Crippen LogP contribution in [0.4, 0.5) is 20.7 Å². The van der Waals surface area contributed by atoms with Gasteiger partial charge < -0.3 is 35.5 Å². The van der Waals surface area contributed by atoms with Crippen LogP contribution in [-0.2, 0) is 20.7 Å². The quantitative estimate of drug-likeness (QED) is 0.0829. The van der Waals surface area contributed by atoms with Crippen LogP contribution in [0.2, 0.25) is 0 Å². The molecule has 12 nitrogen and oxygen atoms in total. The minimum Gasteiger partial charge on any atom is -0.493 e. The van der Waals surface area contributed by atoms with Crippen molar-refractivity contribution in [2.24, 2.45) is 11.8 Å². The highest BCUT2D eigenvalue weighted by Crippen LogP contribution is 2.51. The number of aromatic nitrogens is 2. The third-order valence-electron chi connectivity index (χ3n) is 9.71. The minimum absolute atomic E-state index is 0.0469. The molecule has 6 rings (SSSR count). The van der Waals surface area contributed by atoms with Crippen molar-refractivity contribution in [1.29, 1.82) is 0 Å². The van der Waals surface area contributed by atoms with E-state index in [0.717, 1.165) is 48.1 Å². The van der Waals surface area contributed by atoms with E-state index in [1.54, 1.807) is 19.2 Å². The molecule has 1 heterocycles. The van der Waals surface area contributed by atoms with Gasteiger partial charge in [-0.15, -0.1) is 0 Å². The molecule has 3 amide bonds. The van der Waals surface area contributed by atoms with Crippen LogP contribution in [0.15, 0.2) is 36.4 Å². The largest absolute Gasteiger partial charge is 0.493 e. The average Bonchev–Trinajstić information content (AvgIpc) is 3.46. The molecule has 0 bridgehead atoms. The Bertz CT molecular complexity index is 1650. The van der Waals surface area contributed by atoms with Gasteiger partial charge in [-0.25, -0.2) is 9.18 Å². The lowest BCUT2D eigenvalue weighted by atomic mass is 10.0. The summed E-state index contributed by atoms with van der Waals surface area (Å²) in [6.45, 7) is 1.84. The van der Waals surface area contributed by atoms with Gasteiger partial charge in [-0.05, 0) is 74.4 Å². The van der Waals surface area contributed by atoms with Gasteiger partial charge in [0.25, 0.3) is 0 Å². The zero-order valence-electron chi connectivity index (χ0n) is 28.6. The number of halogens is 1. The topological polar surface area (TPSA) is 156 Å². The lowest BCUT2D eigenvalue weighted by Crippen LogP contribution is -2.29. The highest BCUT2D eigenvalue weighted by Gasteiger charge is 2.53. The molecule has 2 aromatic carbocycles. The van der Waals surface area contributed by atoms with E-state index in [2.05, 4.69) is 31.5 Å². The van der Waals surface area contributed by atoms with Gasteiger partial charge in [0.15, 0.2) is 17.3 Å². The maximum atomic E-state index is 13.7. The predicted molar refractivity (Wildman–Crippen MR) is 186 cm³/mol. The third-order valence-corrected chi connectivity index (χ3v) is 9.71. The number of hydrogen-bond donors (Lipinski definition) is 5. The molecule has 0 spiro atoms. The van der Waals surface area contributed by atoms with Crippen LogP contribution < -0.4 is 30.7 Å². The number of ether oxygens (including phenoxy) is 3. The molecule has 2 saturated carbocycles. The van der Waals surface area contributed by atoms with E-state index in [9.17, 15) is 18.8 Å². The summed E-state index contributed by atoms with van der Waals surface area (Å²) in [5.74, 6) is 2.54. The Kier molecular flexibility index (Phi) is 11.7. The van der Waals surface area contributed by atoms with Gasteiger partial charge in [0.2, 0.25) is 11.8 Å². The molecule has 2 fully saturated rings. The SMILES string of the molecule is COc1cc2c(cc1OCCCC(=O)NCCCCNC(=O)CCCNC(=O)OC1C3CCCCC31)Cc1c(Nc3cccc(F)c3)n[nH]c1-2. The fourth-order valence-electron chi connectivity index (χ4n) is 7.01. The first kappa shape index (κ1) is 35.0. The molecular formula is C37H47FN6O6. The lowest BCUT2D eigenvalue weighted by Gasteiger charge is -2.13. The second kappa shape index (κ2) is 16.7. The number of unbranched alkanes of at least 4 members (excludes halogenated alkanes) is 1. The number of aromatic amines is 1. The van der Waals surface area contributed by atoms with Crippen LogP contribution in [0.1, 0.15) is 75.3 Å². The number of benzene rings is 2. The molecule has 268 valence electrons. The van der Waals surface area contributed by atoms with Crippen molar-refractivity contribution in [3.05, 3.63) is 53.3 Å². The Morgan fingerprint density at radius 3 is 2.34 bits per heavy atom. The zero-order chi connectivity index (χ0) is 34.9. The van der Waals surface area contributed by atoms with E-state index in [1.807, 2.05) is 12.1 Å². The number of carbonyl (C=O) groups excluding carboxylic acids is 3. The summed E-state index contributed by atoms with van der Waals surface area (Å²) in [5, 5.41) is 19.2. The van der Waals surface area contributed by atoms with Gasteiger partial charge in [0.05, 0.1) is 19.4 Å². The van der Waals surface area contributed by atoms with E-state index >= 15 is 0 Å². The van der Waals surface area contributed by atoms with Crippen LogP contribution in [0.5, 0.6) is 11.5 Å². The van der Waals surface area contributed by atoms with Gasteiger partial charge in [0.1, 0.15) is 11.9 Å². The number of nitrogens with zero attached hydrogens (tertiary/aromatic N) is 1. The minimum atomic E-state index is -0.374. The average molecular weight is 691 g/mol. The van der Waals surface area contributed by atoms with E-state index in [0.29, 0.717) is 93.2 Å². The summed E-state index contributed by atoms with van der Waals surface area (Å²) in [7, 11) is 1.59. The summed E-state index contributed by atoms with van der Waals surface area (Å²) in [4.78, 5) is 36.4. The highest BCUT2D eigenvalue weighted by molar-refractivity contribution is 5.81. The van der Waals surface area contributed by atoms with Gasteiger partial charge in [-0.3, -0.25) is 14.7 Å². The number of anilines is 2. The second-order valence-electron chi connectivity index (χ2n) is 13.3. The lowest BCUT2D eigenvalue weighted by molar-refractivity contribution is -0.122. The molecule has 0 radical (unpaired) electrons. The smallest absolute Gasteiger partial charge is 0.407 e. The standard InChI is InChI=1S/C37H47FN6O6/c1-48-30-22-28-23(19-29-34(28)43-44-36(29)42-25-10-6-9-24(38)21-25)20-31(30)49-18-8-14-33(46)40-16-5-4-15-39-32(45)13-7-17-41-37(47)50-35-26-11-2-3-12-27(26)35/h6,9-10,20-22,26-27,35H,2-5,7-8,11-19H2,1H3,(H,39,45)(H,40,46)(H,41,47)(H2,42,43,44).